The molecule has 3 rings (SSSR count). The molecule has 4 nitrogen and oxygen atoms in total. The van der Waals surface area contributed by atoms with Gasteiger partial charge in [-0.2, -0.15) is 0 Å². The van der Waals surface area contributed by atoms with Crippen molar-refractivity contribution in [2.75, 3.05) is 13.6 Å². The van der Waals surface area contributed by atoms with Crippen molar-refractivity contribution in [3.63, 3.8) is 0 Å². The van der Waals surface area contributed by atoms with Crippen molar-refractivity contribution >= 4 is 5.91 Å². The van der Waals surface area contributed by atoms with Gasteiger partial charge in [0.25, 0.3) is 0 Å². The molecule has 0 spiro atoms. The highest BCUT2D eigenvalue weighted by atomic mass is 19.1. The lowest BCUT2D eigenvalue weighted by Crippen LogP contribution is -2.44. The van der Waals surface area contributed by atoms with Gasteiger partial charge in [-0.15, -0.1) is 0 Å². The minimum atomic E-state index is -0.273. The molecular formula is C19H23FN2O2. The molecule has 5 heteroatoms. The van der Waals surface area contributed by atoms with Gasteiger partial charge >= 0.3 is 0 Å². The number of rotatable bonds is 4. The molecule has 1 fully saturated rings. The first kappa shape index (κ1) is 16.7. The summed E-state index contributed by atoms with van der Waals surface area (Å²) in [7, 11) is 2.01. The zero-order chi connectivity index (χ0) is 16.9. The zero-order valence-corrected chi connectivity index (χ0v) is 13.9. The van der Waals surface area contributed by atoms with Gasteiger partial charge in [0.15, 0.2) is 0 Å². The van der Waals surface area contributed by atoms with Crippen molar-refractivity contribution in [2.45, 2.75) is 38.3 Å². The third-order valence-electron chi connectivity index (χ3n) is 4.55. The number of likely N-dealkylation sites (tertiary alicyclic amines) is 1. The molecule has 1 amide bonds. The number of benzene rings is 1. The van der Waals surface area contributed by atoms with E-state index in [0.29, 0.717) is 18.1 Å². The Morgan fingerprint density at radius 2 is 2.00 bits per heavy atom. The molecule has 0 saturated carbocycles. The highest BCUT2D eigenvalue weighted by Crippen LogP contribution is 2.22. The van der Waals surface area contributed by atoms with Gasteiger partial charge in [0.05, 0.1) is 12.6 Å². The van der Waals surface area contributed by atoms with Gasteiger partial charge in [-0.1, -0.05) is 12.8 Å². The fourth-order valence-electron chi connectivity index (χ4n) is 3.12. The van der Waals surface area contributed by atoms with E-state index in [1.807, 2.05) is 19.2 Å². The number of halogens is 1. The number of nitrogens with zero attached hydrogens (tertiary/aromatic N) is 1. The Kier molecular flexibility index (Phi) is 5.30. The van der Waals surface area contributed by atoms with Crippen molar-refractivity contribution in [3.8, 4) is 11.3 Å². The van der Waals surface area contributed by atoms with Crippen LogP contribution in [0.3, 0.4) is 0 Å². The van der Waals surface area contributed by atoms with E-state index >= 15 is 0 Å². The average molecular weight is 330 g/mol. The average Bonchev–Trinajstić information content (AvgIpc) is 2.95. The number of hydrogen-bond donors (Lipinski definition) is 1. The maximum Gasteiger partial charge on any atom is 0.237 e. The number of amides is 1. The van der Waals surface area contributed by atoms with E-state index in [1.165, 1.54) is 18.6 Å². The summed E-state index contributed by atoms with van der Waals surface area (Å²) < 4.78 is 18.7. The van der Waals surface area contributed by atoms with E-state index in [-0.39, 0.29) is 17.8 Å². The molecule has 0 bridgehead atoms. The Hall–Kier alpha value is -2.14. The molecule has 1 atom stereocenters. The largest absolute Gasteiger partial charge is 0.459 e. The fraction of sp³-hybridized carbons (Fsp3) is 0.421. The van der Waals surface area contributed by atoms with Gasteiger partial charge < -0.3 is 9.73 Å². The minimum Gasteiger partial charge on any atom is -0.459 e. The Morgan fingerprint density at radius 1 is 1.21 bits per heavy atom. The molecule has 1 aromatic heterocycles. The first-order chi connectivity index (χ1) is 11.6. The summed E-state index contributed by atoms with van der Waals surface area (Å²) in [4.78, 5) is 14.5. The first-order valence-electron chi connectivity index (χ1n) is 8.46. The number of carbonyl (C=O) groups is 1. The lowest BCUT2D eigenvalue weighted by Gasteiger charge is -2.24. The number of furan rings is 1. The predicted octanol–water partition coefficient (Wildman–Crippen LogP) is 3.58. The maximum absolute atomic E-state index is 13.0. The molecule has 1 aliphatic rings. The van der Waals surface area contributed by atoms with Gasteiger partial charge in [-0.25, -0.2) is 4.39 Å². The van der Waals surface area contributed by atoms with Crippen molar-refractivity contribution in [2.24, 2.45) is 0 Å². The normalized spacial score (nSPS) is 19.0. The minimum absolute atomic E-state index is 0.0548. The zero-order valence-electron chi connectivity index (χ0n) is 13.9. The Labute approximate surface area is 141 Å². The van der Waals surface area contributed by atoms with Gasteiger partial charge in [-0.05, 0) is 62.8 Å². The van der Waals surface area contributed by atoms with Crippen LogP contribution in [0.15, 0.2) is 40.8 Å². The molecular weight excluding hydrogens is 307 g/mol. The van der Waals surface area contributed by atoms with E-state index in [9.17, 15) is 9.18 Å². The topological polar surface area (TPSA) is 45.5 Å². The number of likely N-dealkylation sites (N-methyl/N-ethyl adjacent to an activating group) is 1. The molecule has 128 valence electrons. The predicted molar refractivity (Wildman–Crippen MR) is 90.8 cm³/mol. The van der Waals surface area contributed by atoms with Crippen LogP contribution in [-0.2, 0) is 11.3 Å². The number of carbonyl (C=O) groups excluding carboxylic acids is 1. The van der Waals surface area contributed by atoms with Crippen LogP contribution in [0.5, 0.6) is 0 Å². The molecule has 1 aromatic carbocycles. The molecule has 24 heavy (non-hydrogen) atoms. The van der Waals surface area contributed by atoms with Crippen LogP contribution in [0.1, 0.15) is 31.4 Å². The standard InChI is InChI=1S/C19H23FN2O2/c1-22-12-4-2-3-5-17(22)19(23)21-13-16-10-11-18(24-16)14-6-8-15(20)9-7-14/h6-11,17H,2-5,12-13H2,1H3,(H,21,23)/t17-/m1/s1. The molecule has 2 heterocycles. The molecule has 1 N–H and O–H groups in total. The maximum atomic E-state index is 13.0. The van der Waals surface area contributed by atoms with Crippen LogP contribution in [0, 0.1) is 5.82 Å². The van der Waals surface area contributed by atoms with E-state index in [2.05, 4.69) is 10.2 Å². The fourth-order valence-corrected chi connectivity index (χ4v) is 3.12. The summed E-state index contributed by atoms with van der Waals surface area (Å²) in [6.45, 7) is 1.33. The van der Waals surface area contributed by atoms with Crippen LogP contribution in [0.25, 0.3) is 11.3 Å². The second-order valence-electron chi connectivity index (χ2n) is 6.34. The quantitative estimate of drug-likeness (QED) is 0.932. The Bertz CT molecular complexity index is 681. The van der Waals surface area contributed by atoms with Gasteiger partial charge in [0.1, 0.15) is 17.3 Å². The molecule has 0 radical (unpaired) electrons. The van der Waals surface area contributed by atoms with Crippen molar-refractivity contribution in [1.82, 2.24) is 10.2 Å². The molecule has 1 saturated heterocycles. The van der Waals surface area contributed by atoms with Crippen LogP contribution >= 0.6 is 0 Å². The van der Waals surface area contributed by atoms with Gasteiger partial charge in [0, 0.05) is 5.56 Å². The second kappa shape index (κ2) is 7.62. The molecule has 2 aromatic rings. The monoisotopic (exact) mass is 330 g/mol. The third kappa shape index (κ3) is 4.03. The summed E-state index contributed by atoms with van der Waals surface area (Å²) >= 11 is 0. The first-order valence-corrected chi connectivity index (χ1v) is 8.46. The van der Waals surface area contributed by atoms with Crippen LogP contribution < -0.4 is 5.32 Å². The summed E-state index contributed by atoms with van der Waals surface area (Å²) in [5.41, 5.74) is 0.817. The summed E-state index contributed by atoms with van der Waals surface area (Å²) in [6.07, 6.45) is 4.34. The van der Waals surface area contributed by atoms with Crippen molar-refractivity contribution in [1.29, 1.82) is 0 Å². The summed E-state index contributed by atoms with van der Waals surface area (Å²) in [6, 6.07) is 9.79. The van der Waals surface area contributed by atoms with Crippen LogP contribution in [0.2, 0.25) is 0 Å². The lowest BCUT2D eigenvalue weighted by molar-refractivity contribution is -0.126. The van der Waals surface area contributed by atoms with E-state index < -0.39 is 0 Å². The second-order valence-corrected chi connectivity index (χ2v) is 6.34. The molecule has 0 aliphatic carbocycles. The van der Waals surface area contributed by atoms with Gasteiger partial charge in [-0.3, -0.25) is 9.69 Å². The SMILES string of the molecule is CN1CCCCC[C@@H]1C(=O)NCc1ccc(-c2ccc(F)cc2)o1. The Morgan fingerprint density at radius 3 is 2.79 bits per heavy atom. The highest BCUT2D eigenvalue weighted by molar-refractivity contribution is 5.81. The summed E-state index contributed by atoms with van der Waals surface area (Å²) in [5, 5.41) is 2.97. The van der Waals surface area contributed by atoms with E-state index in [0.717, 1.165) is 31.4 Å². The summed E-state index contributed by atoms with van der Waals surface area (Å²) in [5.74, 6) is 1.15. The third-order valence-corrected chi connectivity index (χ3v) is 4.55. The van der Waals surface area contributed by atoms with Gasteiger partial charge in [0.2, 0.25) is 5.91 Å². The molecule has 0 unspecified atom stereocenters. The van der Waals surface area contributed by atoms with E-state index in [1.54, 1.807) is 12.1 Å². The molecule has 1 aliphatic heterocycles. The Balaban J connectivity index is 1.58. The lowest BCUT2D eigenvalue weighted by atomic mass is 10.1. The smallest absolute Gasteiger partial charge is 0.237 e. The van der Waals surface area contributed by atoms with Crippen molar-refractivity contribution in [3.05, 3.63) is 48.0 Å². The van der Waals surface area contributed by atoms with Crippen molar-refractivity contribution < 1.29 is 13.6 Å². The van der Waals surface area contributed by atoms with Crippen LogP contribution in [0.4, 0.5) is 4.39 Å². The highest BCUT2D eigenvalue weighted by Gasteiger charge is 2.24. The number of hydrogen-bond acceptors (Lipinski definition) is 3. The van der Waals surface area contributed by atoms with E-state index in [4.69, 9.17) is 4.42 Å². The van der Waals surface area contributed by atoms with Crippen LogP contribution in [-0.4, -0.2) is 30.4 Å². The number of nitrogens with one attached hydrogen (secondary N) is 1.